The molecule has 0 heterocycles. The predicted octanol–water partition coefficient (Wildman–Crippen LogP) is 8.78. The molecule has 6 aromatic rings. The van der Waals surface area contributed by atoms with Crippen molar-refractivity contribution in [1.29, 1.82) is 0 Å². The van der Waals surface area contributed by atoms with E-state index in [4.69, 9.17) is 0 Å². The zero-order valence-electron chi connectivity index (χ0n) is 19.2. The van der Waals surface area contributed by atoms with Crippen molar-refractivity contribution in [1.82, 2.24) is 0 Å². The Morgan fingerprint density at radius 1 is 0.529 bits per heavy atom. The quantitative estimate of drug-likeness (QED) is 0.189. The summed E-state index contributed by atoms with van der Waals surface area (Å²) in [5.41, 5.74) is 6.10. The maximum absolute atomic E-state index is 3.57. The number of benzene rings is 6. The van der Waals surface area contributed by atoms with Gasteiger partial charge in [0.2, 0.25) is 0 Å². The SMILES string of the molecule is CCc1ccccc1-c1c2ccccc2c(C#Cc2ccccc2)c2cc3ccccc3cc12. The fraction of sp³-hybridized carbons (Fsp3) is 0.0588. The Labute approximate surface area is 200 Å². The van der Waals surface area contributed by atoms with Gasteiger partial charge in [-0.25, -0.2) is 0 Å². The van der Waals surface area contributed by atoms with Crippen LogP contribution >= 0.6 is 0 Å². The minimum absolute atomic E-state index is 0.995. The van der Waals surface area contributed by atoms with Gasteiger partial charge >= 0.3 is 0 Å². The van der Waals surface area contributed by atoms with E-state index in [-0.39, 0.29) is 0 Å². The van der Waals surface area contributed by atoms with Gasteiger partial charge in [0, 0.05) is 11.1 Å². The van der Waals surface area contributed by atoms with Crippen LogP contribution in [0.1, 0.15) is 23.6 Å². The highest BCUT2D eigenvalue weighted by molar-refractivity contribution is 6.19. The van der Waals surface area contributed by atoms with Gasteiger partial charge in [-0.2, -0.15) is 0 Å². The van der Waals surface area contributed by atoms with E-state index in [1.54, 1.807) is 0 Å². The first-order chi connectivity index (χ1) is 16.8. The Morgan fingerprint density at radius 3 is 1.91 bits per heavy atom. The van der Waals surface area contributed by atoms with Crippen LogP contribution in [0.4, 0.5) is 0 Å². The summed E-state index contributed by atoms with van der Waals surface area (Å²) in [5, 5.41) is 7.42. The van der Waals surface area contributed by atoms with Gasteiger partial charge in [0.15, 0.2) is 0 Å². The molecule has 0 nitrogen and oxygen atoms in total. The Balaban J connectivity index is 1.80. The molecule has 0 aliphatic heterocycles. The van der Waals surface area contributed by atoms with Crippen LogP contribution < -0.4 is 0 Å². The van der Waals surface area contributed by atoms with Gasteiger partial charge < -0.3 is 0 Å². The van der Waals surface area contributed by atoms with Crippen molar-refractivity contribution in [2.75, 3.05) is 0 Å². The molecule has 0 atom stereocenters. The summed E-state index contributed by atoms with van der Waals surface area (Å²) in [4.78, 5) is 0. The Morgan fingerprint density at radius 2 is 1.15 bits per heavy atom. The highest BCUT2D eigenvalue weighted by Gasteiger charge is 2.17. The Bertz CT molecular complexity index is 1730. The molecule has 160 valence electrons. The molecule has 0 unspecified atom stereocenters. The van der Waals surface area contributed by atoms with Crippen molar-refractivity contribution < 1.29 is 0 Å². The van der Waals surface area contributed by atoms with Gasteiger partial charge in [-0.3, -0.25) is 0 Å². The lowest BCUT2D eigenvalue weighted by molar-refractivity contribution is 1.14. The van der Waals surface area contributed by atoms with Crippen LogP contribution in [0.25, 0.3) is 43.4 Å². The summed E-state index contributed by atoms with van der Waals surface area (Å²) >= 11 is 0. The average Bonchev–Trinajstić information content (AvgIpc) is 2.90. The third kappa shape index (κ3) is 3.43. The molecule has 34 heavy (non-hydrogen) atoms. The maximum atomic E-state index is 3.57. The van der Waals surface area contributed by atoms with Gasteiger partial charge in [0.1, 0.15) is 0 Å². The van der Waals surface area contributed by atoms with Gasteiger partial charge in [-0.1, -0.05) is 110 Å². The van der Waals surface area contributed by atoms with Crippen molar-refractivity contribution in [2.24, 2.45) is 0 Å². The zero-order valence-corrected chi connectivity index (χ0v) is 19.2. The van der Waals surface area contributed by atoms with Crippen LogP contribution in [0.5, 0.6) is 0 Å². The lowest BCUT2D eigenvalue weighted by Crippen LogP contribution is -1.94. The van der Waals surface area contributed by atoms with Gasteiger partial charge in [-0.05, 0) is 79.7 Å². The normalized spacial score (nSPS) is 11.0. The van der Waals surface area contributed by atoms with Crippen molar-refractivity contribution >= 4 is 32.3 Å². The molecule has 0 saturated carbocycles. The van der Waals surface area contributed by atoms with E-state index >= 15 is 0 Å². The highest BCUT2D eigenvalue weighted by Crippen LogP contribution is 2.41. The first kappa shape index (κ1) is 20.3. The lowest BCUT2D eigenvalue weighted by atomic mass is 9.85. The third-order valence-corrected chi connectivity index (χ3v) is 6.66. The zero-order chi connectivity index (χ0) is 22.9. The molecular formula is C34H24. The van der Waals surface area contributed by atoms with E-state index in [2.05, 4.69) is 116 Å². The minimum atomic E-state index is 0.995. The van der Waals surface area contributed by atoms with E-state index in [0.29, 0.717) is 0 Å². The molecule has 0 aromatic heterocycles. The fourth-order valence-electron chi connectivity index (χ4n) is 5.02. The standard InChI is InChI=1S/C34H24/c1-2-25-14-8-9-17-28(25)34-31-19-11-10-18-29(31)30(21-20-24-12-4-3-5-13-24)32-22-26-15-6-7-16-27(26)23-33(32)34/h3-19,22-23H,2H2,1H3. The molecule has 0 bridgehead atoms. The van der Waals surface area contributed by atoms with E-state index < -0.39 is 0 Å². The second-order valence-electron chi connectivity index (χ2n) is 8.67. The van der Waals surface area contributed by atoms with Crippen molar-refractivity contribution in [3.8, 4) is 23.0 Å². The number of rotatable bonds is 2. The molecule has 0 amide bonds. The van der Waals surface area contributed by atoms with Crippen LogP contribution in [0.3, 0.4) is 0 Å². The monoisotopic (exact) mass is 432 g/mol. The molecule has 0 spiro atoms. The second-order valence-corrected chi connectivity index (χ2v) is 8.67. The largest absolute Gasteiger partial charge is 0.0622 e. The van der Waals surface area contributed by atoms with Crippen LogP contribution in [0, 0.1) is 11.8 Å². The third-order valence-electron chi connectivity index (χ3n) is 6.66. The molecular weight excluding hydrogens is 408 g/mol. The number of aryl methyl sites for hydroxylation is 1. The topological polar surface area (TPSA) is 0 Å². The number of hydrogen-bond donors (Lipinski definition) is 0. The van der Waals surface area contributed by atoms with Crippen molar-refractivity contribution in [2.45, 2.75) is 13.3 Å². The molecule has 0 heteroatoms. The van der Waals surface area contributed by atoms with E-state index in [9.17, 15) is 0 Å². The molecule has 6 aromatic carbocycles. The fourth-order valence-corrected chi connectivity index (χ4v) is 5.02. The number of hydrogen-bond acceptors (Lipinski definition) is 0. The minimum Gasteiger partial charge on any atom is -0.0622 e. The van der Waals surface area contributed by atoms with Crippen molar-refractivity contribution in [3.63, 3.8) is 0 Å². The van der Waals surface area contributed by atoms with Crippen LogP contribution in [0.2, 0.25) is 0 Å². The Kier molecular flexibility index (Phi) is 5.10. The summed E-state index contributed by atoms with van der Waals surface area (Å²) in [6.45, 7) is 2.23. The van der Waals surface area contributed by atoms with E-state index in [1.165, 1.54) is 49.0 Å². The summed E-state index contributed by atoms with van der Waals surface area (Å²) in [6, 6.07) is 41.1. The van der Waals surface area contributed by atoms with E-state index in [0.717, 1.165) is 17.5 Å². The Hall–Kier alpha value is -4.34. The lowest BCUT2D eigenvalue weighted by Gasteiger charge is -2.18. The highest BCUT2D eigenvalue weighted by atomic mass is 14.2. The van der Waals surface area contributed by atoms with Crippen LogP contribution in [-0.2, 0) is 6.42 Å². The average molecular weight is 433 g/mol. The predicted molar refractivity (Wildman–Crippen MR) is 146 cm³/mol. The molecule has 0 aliphatic rings. The molecule has 0 fully saturated rings. The first-order valence-electron chi connectivity index (χ1n) is 11.9. The summed E-state index contributed by atoms with van der Waals surface area (Å²) in [7, 11) is 0. The van der Waals surface area contributed by atoms with Crippen LogP contribution in [0.15, 0.2) is 115 Å². The van der Waals surface area contributed by atoms with Gasteiger partial charge in [0.25, 0.3) is 0 Å². The first-order valence-corrected chi connectivity index (χ1v) is 11.9. The molecule has 0 saturated heterocycles. The summed E-state index contributed by atoms with van der Waals surface area (Å²) in [6.07, 6.45) is 0.995. The van der Waals surface area contributed by atoms with E-state index in [1.807, 2.05) is 18.2 Å². The molecule has 0 radical (unpaired) electrons. The van der Waals surface area contributed by atoms with Gasteiger partial charge in [-0.15, -0.1) is 0 Å². The molecule has 0 N–H and O–H groups in total. The van der Waals surface area contributed by atoms with Crippen molar-refractivity contribution in [3.05, 3.63) is 132 Å². The van der Waals surface area contributed by atoms with Crippen LogP contribution in [-0.4, -0.2) is 0 Å². The maximum Gasteiger partial charge on any atom is 0.0406 e. The summed E-state index contributed by atoms with van der Waals surface area (Å²) < 4.78 is 0. The second kappa shape index (κ2) is 8.54. The number of fused-ring (bicyclic) bond motifs is 3. The molecule has 0 aliphatic carbocycles. The smallest absolute Gasteiger partial charge is 0.0406 e. The molecule has 6 rings (SSSR count). The van der Waals surface area contributed by atoms with Gasteiger partial charge in [0.05, 0.1) is 0 Å². The summed E-state index contributed by atoms with van der Waals surface area (Å²) in [5.74, 6) is 6.99.